The van der Waals surface area contributed by atoms with Gasteiger partial charge in [-0.05, 0) is 37.5 Å². The summed E-state index contributed by atoms with van der Waals surface area (Å²) >= 11 is 0. The molecular weight excluding hydrogens is 240 g/mol. The maximum atomic E-state index is 11.5. The zero-order chi connectivity index (χ0) is 13.5. The van der Waals surface area contributed by atoms with E-state index in [4.69, 9.17) is 4.74 Å². The minimum Gasteiger partial charge on any atom is -0.494 e. The Balaban J connectivity index is 1.64. The molecule has 0 bridgehead atoms. The van der Waals surface area contributed by atoms with Crippen LogP contribution in [0.1, 0.15) is 31.7 Å². The lowest BCUT2D eigenvalue weighted by Gasteiger charge is -2.08. The summed E-state index contributed by atoms with van der Waals surface area (Å²) in [5.74, 6) is 1.05. The van der Waals surface area contributed by atoms with Gasteiger partial charge in [0, 0.05) is 25.6 Å². The molecule has 2 N–H and O–H groups in total. The molecule has 0 radical (unpaired) electrons. The van der Waals surface area contributed by atoms with Crippen molar-refractivity contribution in [3.05, 3.63) is 29.8 Å². The Hall–Kier alpha value is -1.55. The first kappa shape index (κ1) is 13.9. The van der Waals surface area contributed by atoms with Crippen LogP contribution in [0.3, 0.4) is 0 Å². The van der Waals surface area contributed by atoms with Crippen LogP contribution in [0.5, 0.6) is 5.75 Å². The number of benzene rings is 1. The summed E-state index contributed by atoms with van der Waals surface area (Å²) in [5.41, 5.74) is 1.17. The van der Waals surface area contributed by atoms with E-state index in [1.165, 1.54) is 5.56 Å². The highest BCUT2D eigenvalue weighted by Crippen LogP contribution is 2.18. The Morgan fingerprint density at radius 3 is 3.00 bits per heavy atom. The molecule has 0 unspecified atom stereocenters. The molecule has 1 aromatic carbocycles. The van der Waals surface area contributed by atoms with Crippen molar-refractivity contribution in [3.63, 3.8) is 0 Å². The molecule has 4 nitrogen and oxygen atoms in total. The Morgan fingerprint density at radius 1 is 1.42 bits per heavy atom. The third-order valence-electron chi connectivity index (χ3n) is 3.01. The van der Waals surface area contributed by atoms with Gasteiger partial charge >= 0.3 is 0 Å². The number of carbonyl (C=O) groups is 1. The summed E-state index contributed by atoms with van der Waals surface area (Å²) in [4.78, 5) is 11.5. The fourth-order valence-electron chi connectivity index (χ4n) is 1.87. The van der Waals surface area contributed by atoms with Gasteiger partial charge in [-0.2, -0.15) is 0 Å². The second-order valence-corrected chi connectivity index (χ2v) is 4.85. The van der Waals surface area contributed by atoms with Crippen LogP contribution in [-0.2, 0) is 11.3 Å². The van der Waals surface area contributed by atoms with Gasteiger partial charge in [-0.1, -0.05) is 12.1 Å². The average molecular weight is 262 g/mol. The topological polar surface area (TPSA) is 50.4 Å². The number of amides is 1. The molecule has 104 valence electrons. The van der Waals surface area contributed by atoms with E-state index >= 15 is 0 Å². The quantitative estimate of drug-likeness (QED) is 0.703. The first-order valence-corrected chi connectivity index (χ1v) is 6.99. The van der Waals surface area contributed by atoms with E-state index in [9.17, 15) is 4.79 Å². The molecule has 0 heterocycles. The Kier molecular flexibility index (Phi) is 5.21. The van der Waals surface area contributed by atoms with E-state index in [0.29, 0.717) is 25.6 Å². The summed E-state index contributed by atoms with van der Waals surface area (Å²) in [6.07, 6.45) is 2.83. The number of hydrogen-bond acceptors (Lipinski definition) is 3. The van der Waals surface area contributed by atoms with Crippen LogP contribution in [0.25, 0.3) is 0 Å². The zero-order valence-electron chi connectivity index (χ0n) is 11.4. The fraction of sp³-hybridized carbons (Fsp3) is 0.533. The van der Waals surface area contributed by atoms with Gasteiger partial charge in [0.15, 0.2) is 0 Å². The Bertz CT molecular complexity index is 416. The van der Waals surface area contributed by atoms with Gasteiger partial charge in [0.25, 0.3) is 0 Å². The molecule has 2 rings (SSSR count). The van der Waals surface area contributed by atoms with Crippen molar-refractivity contribution >= 4 is 5.91 Å². The summed E-state index contributed by atoms with van der Waals surface area (Å²) in [6.45, 7) is 4.12. The van der Waals surface area contributed by atoms with Crippen LogP contribution in [0, 0.1) is 0 Å². The summed E-state index contributed by atoms with van der Waals surface area (Å²) in [5, 5.41) is 6.26. The predicted octanol–water partition coefficient (Wildman–Crippen LogP) is 1.84. The molecule has 4 heteroatoms. The molecule has 0 aliphatic heterocycles. The first-order chi connectivity index (χ1) is 9.28. The van der Waals surface area contributed by atoms with Gasteiger partial charge < -0.3 is 15.4 Å². The van der Waals surface area contributed by atoms with Crippen molar-refractivity contribution in [2.75, 3.05) is 13.2 Å². The number of ether oxygens (including phenoxy) is 1. The highest BCUT2D eigenvalue weighted by atomic mass is 16.5. The minimum absolute atomic E-state index is 0.151. The van der Waals surface area contributed by atoms with E-state index in [0.717, 1.165) is 25.1 Å². The number of nitrogens with one attached hydrogen (secondary N) is 2. The standard InChI is InChI=1S/C15H22N2O2/c1-2-19-14-5-3-4-12(10-14)11-16-9-8-15(18)17-13-6-7-13/h3-5,10,13,16H,2,6-9,11H2,1H3,(H,17,18). The molecule has 1 aliphatic rings. The van der Waals surface area contributed by atoms with Gasteiger partial charge in [0.1, 0.15) is 5.75 Å². The van der Waals surface area contributed by atoms with Crippen molar-refractivity contribution in [1.29, 1.82) is 0 Å². The summed E-state index contributed by atoms with van der Waals surface area (Å²) < 4.78 is 5.45. The summed E-state index contributed by atoms with van der Waals surface area (Å²) in [7, 11) is 0. The maximum Gasteiger partial charge on any atom is 0.221 e. The average Bonchev–Trinajstić information content (AvgIpc) is 3.19. The van der Waals surface area contributed by atoms with Crippen molar-refractivity contribution in [1.82, 2.24) is 10.6 Å². The van der Waals surface area contributed by atoms with Crippen LogP contribution in [0.4, 0.5) is 0 Å². The van der Waals surface area contributed by atoms with Crippen molar-refractivity contribution in [2.24, 2.45) is 0 Å². The molecule has 0 atom stereocenters. The molecule has 1 aromatic rings. The molecule has 0 saturated heterocycles. The third-order valence-corrected chi connectivity index (χ3v) is 3.01. The van der Waals surface area contributed by atoms with E-state index < -0.39 is 0 Å². The van der Waals surface area contributed by atoms with Crippen LogP contribution >= 0.6 is 0 Å². The van der Waals surface area contributed by atoms with Crippen LogP contribution in [-0.4, -0.2) is 25.1 Å². The Morgan fingerprint density at radius 2 is 2.26 bits per heavy atom. The van der Waals surface area contributed by atoms with Crippen molar-refractivity contribution in [3.8, 4) is 5.75 Å². The van der Waals surface area contributed by atoms with Crippen molar-refractivity contribution < 1.29 is 9.53 Å². The van der Waals surface area contributed by atoms with Gasteiger partial charge in [0.2, 0.25) is 5.91 Å². The smallest absolute Gasteiger partial charge is 0.221 e. The van der Waals surface area contributed by atoms with Crippen LogP contribution in [0.2, 0.25) is 0 Å². The fourth-order valence-corrected chi connectivity index (χ4v) is 1.87. The minimum atomic E-state index is 0.151. The van der Waals surface area contributed by atoms with E-state index in [1.807, 2.05) is 25.1 Å². The van der Waals surface area contributed by atoms with Crippen LogP contribution in [0.15, 0.2) is 24.3 Å². The van der Waals surface area contributed by atoms with E-state index in [-0.39, 0.29) is 5.91 Å². The predicted molar refractivity (Wildman–Crippen MR) is 75.1 cm³/mol. The highest BCUT2D eigenvalue weighted by Gasteiger charge is 2.22. The SMILES string of the molecule is CCOc1cccc(CNCCC(=O)NC2CC2)c1. The summed E-state index contributed by atoms with van der Waals surface area (Å²) in [6, 6.07) is 8.48. The Labute approximate surface area is 114 Å². The molecule has 19 heavy (non-hydrogen) atoms. The van der Waals surface area contributed by atoms with E-state index in [1.54, 1.807) is 0 Å². The maximum absolute atomic E-state index is 11.5. The lowest BCUT2D eigenvalue weighted by molar-refractivity contribution is -0.121. The van der Waals surface area contributed by atoms with Gasteiger partial charge in [0.05, 0.1) is 6.61 Å². The molecule has 1 amide bonds. The molecular formula is C15H22N2O2. The lowest BCUT2D eigenvalue weighted by atomic mass is 10.2. The monoisotopic (exact) mass is 262 g/mol. The van der Waals surface area contributed by atoms with Crippen molar-refractivity contribution in [2.45, 2.75) is 38.8 Å². The first-order valence-electron chi connectivity index (χ1n) is 6.99. The number of rotatable bonds is 8. The zero-order valence-corrected chi connectivity index (χ0v) is 11.4. The molecule has 0 aromatic heterocycles. The largest absolute Gasteiger partial charge is 0.494 e. The molecule has 1 fully saturated rings. The second-order valence-electron chi connectivity index (χ2n) is 4.85. The van der Waals surface area contributed by atoms with Gasteiger partial charge in [-0.15, -0.1) is 0 Å². The molecule has 1 saturated carbocycles. The number of hydrogen-bond donors (Lipinski definition) is 2. The molecule has 0 spiro atoms. The normalized spacial score (nSPS) is 14.2. The molecule has 1 aliphatic carbocycles. The van der Waals surface area contributed by atoms with Crippen LogP contribution < -0.4 is 15.4 Å². The second kappa shape index (κ2) is 7.14. The van der Waals surface area contributed by atoms with E-state index in [2.05, 4.69) is 16.7 Å². The lowest BCUT2D eigenvalue weighted by Crippen LogP contribution is -2.28. The van der Waals surface area contributed by atoms with Gasteiger partial charge in [-0.25, -0.2) is 0 Å². The van der Waals surface area contributed by atoms with Gasteiger partial charge in [-0.3, -0.25) is 4.79 Å². The number of carbonyl (C=O) groups excluding carboxylic acids is 1. The highest BCUT2D eigenvalue weighted by molar-refractivity contribution is 5.76. The third kappa shape index (κ3) is 5.30.